The zero-order valence-electron chi connectivity index (χ0n) is 10.4. The molecule has 92 valence electrons. The molecule has 0 unspecified atom stereocenters. The van der Waals surface area contributed by atoms with Crippen molar-refractivity contribution in [1.82, 2.24) is 5.32 Å². The van der Waals surface area contributed by atoms with E-state index in [0.29, 0.717) is 0 Å². The molecule has 0 radical (unpaired) electrons. The van der Waals surface area contributed by atoms with Gasteiger partial charge in [0.2, 0.25) is 0 Å². The molecule has 1 aromatic heterocycles. The highest BCUT2D eigenvalue weighted by molar-refractivity contribution is 7.98. The van der Waals surface area contributed by atoms with Crippen LogP contribution in [-0.2, 0) is 12.3 Å². The van der Waals surface area contributed by atoms with Gasteiger partial charge in [-0.3, -0.25) is 0 Å². The first-order chi connectivity index (χ1) is 7.86. The lowest BCUT2D eigenvalue weighted by Gasteiger charge is -1.99. The third-order valence-corrected chi connectivity index (χ3v) is 3.47. The Morgan fingerprint density at radius 2 is 2.00 bits per heavy atom. The molecular weight excluding hydrogens is 218 g/mol. The lowest BCUT2D eigenvalue weighted by molar-refractivity contribution is 0.463. The molecule has 0 spiro atoms. The van der Waals surface area contributed by atoms with Crippen molar-refractivity contribution in [2.75, 3.05) is 12.3 Å². The Morgan fingerprint density at radius 3 is 2.75 bits per heavy atom. The fourth-order valence-electron chi connectivity index (χ4n) is 1.47. The van der Waals surface area contributed by atoms with Crippen molar-refractivity contribution in [3.8, 4) is 0 Å². The van der Waals surface area contributed by atoms with Crippen LogP contribution in [0.3, 0.4) is 0 Å². The topological polar surface area (TPSA) is 25.2 Å². The van der Waals surface area contributed by atoms with Crippen LogP contribution in [0.2, 0.25) is 0 Å². The van der Waals surface area contributed by atoms with Crippen LogP contribution in [0.25, 0.3) is 0 Å². The molecular formula is C13H23NOS. The van der Waals surface area contributed by atoms with Gasteiger partial charge >= 0.3 is 0 Å². The summed E-state index contributed by atoms with van der Waals surface area (Å²) < 4.78 is 5.71. The second-order valence-corrected chi connectivity index (χ2v) is 5.01. The normalized spacial score (nSPS) is 10.9. The van der Waals surface area contributed by atoms with Crippen LogP contribution in [-0.4, -0.2) is 12.3 Å². The molecule has 0 aliphatic carbocycles. The van der Waals surface area contributed by atoms with Crippen LogP contribution in [0.15, 0.2) is 16.5 Å². The zero-order chi connectivity index (χ0) is 11.6. The fourth-order valence-corrected chi connectivity index (χ4v) is 2.38. The van der Waals surface area contributed by atoms with Gasteiger partial charge in [0, 0.05) is 0 Å². The molecule has 16 heavy (non-hydrogen) atoms. The van der Waals surface area contributed by atoms with Crippen molar-refractivity contribution >= 4 is 11.8 Å². The molecule has 2 nitrogen and oxygen atoms in total. The molecule has 0 aliphatic rings. The first-order valence-electron chi connectivity index (χ1n) is 6.22. The van der Waals surface area contributed by atoms with E-state index in [9.17, 15) is 0 Å². The van der Waals surface area contributed by atoms with E-state index in [2.05, 4.69) is 31.3 Å². The first-order valence-corrected chi connectivity index (χ1v) is 7.38. The maximum atomic E-state index is 5.71. The van der Waals surface area contributed by atoms with E-state index < -0.39 is 0 Å². The Balaban J connectivity index is 2.14. The van der Waals surface area contributed by atoms with Crippen LogP contribution >= 0.6 is 11.8 Å². The minimum Gasteiger partial charge on any atom is -0.464 e. The predicted octanol–water partition coefficient (Wildman–Crippen LogP) is 3.81. The molecule has 0 amide bonds. The second kappa shape index (κ2) is 8.71. The van der Waals surface area contributed by atoms with Gasteiger partial charge in [-0.2, -0.15) is 11.8 Å². The highest BCUT2D eigenvalue weighted by Gasteiger charge is 2.01. The van der Waals surface area contributed by atoms with E-state index in [1.165, 1.54) is 25.0 Å². The number of rotatable bonds is 9. The van der Waals surface area contributed by atoms with Gasteiger partial charge in [-0.1, -0.05) is 26.7 Å². The van der Waals surface area contributed by atoms with E-state index in [-0.39, 0.29) is 0 Å². The lowest BCUT2D eigenvalue weighted by atomic mass is 10.3. The maximum Gasteiger partial charge on any atom is 0.117 e. The minimum absolute atomic E-state index is 0.844. The molecule has 1 N–H and O–H groups in total. The van der Waals surface area contributed by atoms with Gasteiger partial charge in [-0.15, -0.1) is 0 Å². The monoisotopic (exact) mass is 241 g/mol. The Morgan fingerprint density at radius 1 is 1.19 bits per heavy atom. The van der Waals surface area contributed by atoms with Gasteiger partial charge in [0.25, 0.3) is 0 Å². The predicted molar refractivity (Wildman–Crippen MR) is 71.8 cm³/mol. The summed E-state index contributed by atoms with van der Waals surface area (Å²) in [5, 5.41) is 3.26. The number of furan rings is 1. The van der Waals surface area contributed by atoms with Gasteiger partial charge in [0.05, 0.1) is 12.3 Å². The van der Waals surface area contributed by atoms with Gasteiger partial charge < -0.3 is 9.73 Å². The fraction of sp³-hybridized carbons (Fsp3) is 0.692. The molecule has 1 heterocycles. The summed E-state index contributed by atoms with van der Waals surface area (Å²) in [5.74, 6) is 4.41. The molecule has 3 heteroatoms. The molecule has 0 atom stereocenters. The summed E-state index contributed by atoms with van der Waals surface area (Å²) in [6.45, 7) is 6.18. The summed E-state index contributed by atoms with van der Waals surface area (Å²) in [6, 6.07) is 4.17. The summed E-state index contributed by atoms with van der Waals surface area (Å²) in [7, 11) is 0. The first kappa shape index (κ1) is 13.7. The summed E-state index contributed by atoms with van der Waals surface area (Å²) in [4.78, 5) is 0. The largest absolute Gasteiger partial charge is 0.464 e. The summed E-state index contributed by atoms with van der Waals surface area (Å²) in [6.07, 6.45) is 3.97. The van der Waals surface area contributed by atoms with Crippen LogP contribution in [0.4, 0.5) is 0 Å². The standard InChI is InChI=1S/C13H23NOS/c1-3-5-6-9-16-11-13-8-7-12(15-13)10-14-4-2/h7-8,14H,3-6,9-11H2,1-2H3. The average Bonchev–Trinajstić information content (AvgIpc) is 2.74. The molecule has 0 bridgehead atoms. The van der Waals surface area contributed by atoms with Gasteiger partial charge in [0.15, 0.2) is 0 Å². The van der Waals surface area contributed by atoms with Crippen LogP contribution in [0.5, 0.6) is 0 Å². The SMILES string of the molecule is CCCCCSCc1ccc(CNCC)o1. The van der Waals surface area contributed by atoms with Crippen molar-refractivity contribution in [3.63, 3.8) is 0 Å². The van der Waals surface area contributed by atoms with E-state index >= 15 is 0 Å². The maximum absolute atomic E-state index is 5.71. The molecule has 1 rings (SSSR count). The van der Waals surface area contributed by atoms with E-state index in [4.69, 9.17) is 4.42 Å². The highest BCUT2D eigenvalue weighted by Crippen LogP contribution is 2.16. The van der Waals surface area contributed by atoms with Gasteiger partial charge in [-0.05, 0) is 30.9 Å². The summed E-state index contributed by atoms with van der Waals surface area (Å²) in [5.41, 5.74) is 0. The Bertz CT molecular complexity index is 273. The quantitative estimate of drug-likeness (QED) is 0.665. The van der Waals surface area contributed by atoms with Gasteiger partial charge in [-0.25, -0.2) is 0 Å². The van der Waals surface area contributed by atoms with Crippen LogP contribution in [0, 0.1) is 0 Å². The summed E-state index contributed by atoms with van der Waals surface area (Å²) >= 11 is 1.97. The number of unbranched alkanes of at least 4 members (excludes halogenated alkanes) is 2. The third-order valence-electron chi connectivity index (χ3n) is 2.40. The van der Waals surface area contributed by atoms with Crippen molar-refractivity contribution in [3.05, 3.63) is 23.7 Å². The second-order valence-electron chi connectivity index (χ2n) is 3.91. The number of nitrogens with one attached hydrogen (secondary N) is 1. The van der Waals surface area contributed by atoms with Crippen molar-refractivity contribution in [2.24, 2.45) is 0 Å². The van der Waals surface area contributed by atoms with Crippen molar-refractivity contribution in [1.29, 1.82) is 0 Å². The molecule has 0 saturated heterocycles. The average molecular weight is 241 g/mol. The minimum atomic E-state index is 0.844. The zero-order valence-corrected chi connectivity index (χ0v) is 11.2. The number of hydrogen-bond donors (Lipinski definition) is 1. The van der Waals surface area contributed by atoms with E-state index in [1.54, 1.807) is 0 Å². The third kappa shape index (κ3) is 5.61. The smallest absolute Gasteiger partial charge is 0.117 e. The highest BCUT2D eigenvalue weighted by atomic mass is 32.2. The number of hydrogen-bond acceptors (Lipinski definition) is 3. The van der Waals surface area contributed by atoms with Crippen LogP contribution < -0.4 is 5.32 Å². The molecule has 0 aliphatic heterocycles. The Labute approximate surface area is 103 Å². The van der Waals surface area contributed by atoms with E-state index in [0.717, 1.165) is 30.4 Å². The van der Waals surface area contributed by atoms with Crippen molar-refractivity contribution < 1.29 is 4.42 Å². The molecule has 0 aromatic carbocycles. The Kier molecular flexibility index (Phi) is 7.43. The van der Waals surface area contributed by atoms with Crippen LogP contribution in [0.1, 0.15) is 44.6 Å². The lowest BCUT2D eigenvalue weighted by Crippen LogP contribution is -2.10. The molecule has 0 fully saturated rings. The Hall–Kier alpha value is -0.410. The van der Waals surface area contributed by atoms with E-state index in [1.807, 2.05) is 11.8 Å². The molecule has 0 saturated carbocycles. The van der Waals surface area contributed by atoms with Crippen molar-refractivity contribution in [2.45, 2.75) is 45.4 Å². The molecule has 1 aromatic rings. The number of thioether (sulfide) groups is 1. The van der Waals surface area contributed by atoms with Gasteiger partial charge in [0.1, 0.15) is 11.5 Å².